The topological polar surface area (TPSA) is 86.5 Å². The first-order valence-corrected chi connectivity index (χ1v) is 8.03. The third-order valence-corrected chi connectivity index (χ3v) is 3.97. The molecule has 4 aromatic rings. The molecule has 0 aliphatic rings. The summed E-state index contributed by atoms with van der Waals surface area (Å²) in [6, 6.07) is 12.8. The highest BCUT2D eigenvalue weighted by atomic mass is 19.1. The second-order valence-corrected chi connectivity index (χ2v) is 5.72. The van der Waals surface area contributed by atoms with Crippen molar-refractivity contribution < 1.29 is 13.6 Å². The summed E-state index contributed by atoms with van der Waals surface area (Å²) >= 11 is 0. The van der Waals surface area contributed by atoms with Gasteiger partial charge >= 0.3 is 0 Å². The molecule has 1 amide bonds. The minimum Gasteiger partial charge on any atom is -0.337 e. The molecule has 134 valence electrons. The van der Waals surface area contributed by atoms with Crippen LogP contribution in [0.2, 0.25) is 0 Å². The monoisotopic (exact) mass is 365 g/mol. The van der Waals surface area contributed by atoms with Gasteiger partial charge < -0.3 is 10.3 Å². The Labute approximate surface area is 152 Å². The van der Waals surface area contributed by atoms with Crippen LogP contribution in [0.3, 0.4) is 0 Å². The lowest BCUT2D eigenvalue weighted by molar-refractivity contribution is 0.101. The standard InChI is InChI=1S/C19H13F2N5O/c20-12-7-4-8-13(21)16(12)19(27)25-15-10-23-26-17(15)18-22-9-14(24-18)11-5-2-1-3-6-11/h1-10H,(H,22,24)(H,23,26)(H,25,27). The lowest BCUT2D eigenvalue weighted by Crippen LogP contribution is -2.16. The number of carbonyl (C=O) groups excluding carboxylic acids is 1. The molecule has 0 aliphatic heterocycles. The normalized spacial score (nSPS) is 10.7. The summed E-state index contributed by atoms with van der Waals surface area (Å²) in [4.78, 5) is 19.7. The smallest absolute Gasteiger partial charge is 0.261 e. The summed E-state index contributed by atoms with van der Waals surface area (Å²) in [5.41, 5.74) is 1.69. The van der Waals surface area contributed by atoms with Crippen molar-refractivity contribution in [3.8, 4) is 22.8 Å². The van der Waals surface area contributed by atoms with E-state index >= 15 is 0 Å². The molecule has 0 aliphatic carbocycles. The average molecular weight is 365 g/mol. The van der Waals surface area contributed by atoms with Crippen LogP contribution < -0.4 is 5.32 Å². The van der Waals surface area contributed by atoms with Crippen molar-refractivity contribution in [2.45, 2.75) is 0 Å². The molecule has 3 N–H and O–H groups in total. The highest BCUT2D eigenvalue weighted by Crippen LogP contribution is 2.26. The third kappa shape index (κ3) is 3.20. The molecule has 0 radical (unpaired) electrons. The SMILES string of the molecule is O=C(Nc1cn[nH]c1-c1ncc(-c2ccccc2)[nH]1)c1c(F)cccc1F. The van der Waals surface area contributed by atoms with E-state index in [1.807, 2.05) is 30.3 Å². The van der Waals surface area contributed by atoms with Crippen LogP contribution in [0.25, 0.3) is 22.8 Å². The first-order valence-electron chi connectivity index (χ1n) is 8.03. The fourth-order valence-corrected chi connectivity index (χ4v) is 2.67. The van der Waals surface area contributed by atoms with Gasteiger partial charge in [-0.05, 0) is 17.7 Å². The lowest BCUT2D eigenvalue weighted by Gasteiger charge is -2.06. The number of hydrogen-bond donors (Lipinski definition) is 3. The molecule has 2 aromatic heterocycles. The quantitative estimate of drug-likeness (QED) is 0.511. The van der Waals surface area contributed by atoms with Crippen molar-refractivity contribution in [1.82, 2.24) is 20.2 Å². The van der Waals surface area contributed by atoms with E-state index in [1.54, 1.807) is 6.20 Å². The molecule has 0 bridgehead atoms. The van der Waals surface area contributed by atoms with Gasteiger partial charge in [0, 0.05) is 0 Å². The van der Waals surface area contributed by atoms with Crippen LogP contribution in [0.5, 0.6) is 0 Å². The number of nitrogens with one attached hydrogen (secondary N) is 3. The predicted octanol–water partition coefficient (Wildman–Crippen LogP) is 4.00. The molecule has 0 unspecified atom stereocenters. The molecule has 2 heterocycles. The van der Waals surface area contributed by atoms with E-state index in [1.165, 1.54) is 12.3 Å². The second-order valence-electron chi connectivity index (χ2n) is 5.72. The van der Waals surface area contributed by atoms with E-state index in [-0.39, 0.29) is 5.69 Å². The van der Waals surface area contributed by atoms with Crippen LogP contribution in [0.15, 0.2) is 60.9 Å². The number of hydrogen-bond acceptors (Lipinski definition) is 3. The molecule has 27 heavy (non-hydrogen) atoms. The van der Waals surface area contributed by atoms with Crippen LogP contribution in [0.1, 0.15) is 10.4 Å². The number of H-pyrrole nitrogens is 2. The zero-order valence-corrected chi connectivity index (χ0v) is 13.8. The Balaban J connectivity index is 1.62. The third-order valence-electron chi connectivity index (χ3n) is 3.97. The van der Waals surface area contributed by atoms with Crippen molar-refractivity contribution >= 4 is 11.6 Å². The number of aromatic amines is 2. The maximum atomic E-state index is 13.8. The fraction of sp³-hybridized carbons (Fsp3) is 0. The van der Waals surface area contributed by atoms with E-state index < -0.39 is 23.1 Å². The van der Waals surface area contributed by atoms with Crippen LogP contribution in [-0.4, -0.2) is 26.1 Å². The summed E-state index contributed by atoms with van der Waals surface area (Å²) in [6.45, 7) is 0. The number of halogens is 2. The minimum atomic E-state index is -0.943. The van der Waals surface area contributed by atoms with E-state index in [9.17, 15) is 13.6 Å². The number of carbonyl (C=O) groups is 1. The highest BCUT2D eigenvalue weighted by molar-refractivity contribution is 6.06. The van der Waals surface area contributed by atoms with E-state index in [0.717, 1.165) is 23.4 Å². The number of aromatic nitrogens is 4. The van der Waals surface area contributed by atoms with Crippen molar-refractivity contribution in [2.75, 3.05) is 5.32 Å². The number of benzene rings is 2. The molecule has 0 fully saturated rings. The minimum absolute atomic E-state index is 0.247. The Morgan fingerprint density at radius 1 is 0.963 bits per heavy atom. The summed E-state index contributed by atoms with van der Waals surface area (Å²) in [6.07, 6.45) is 2.99. The van der Waals surface area contributed by atoms with Gasteiger partial charge in [-0.1, -0.05) is 36.4 Å². The highest BCUT2D eigenvalue weighted by Gasteiger charge is 2.20. The molecule has 0 saturated carbocycles. The summed E-state index contributed by atoms with van der Waals surface area (Å²) in [5, 5.41) is 9.08. The zero-order valence-electron chi connectivity index (χ0n) is 13.8. The van der Waals surface area contributed by atoms with Crippen molar-refractivity contribution in [2.24, 2.45) is 0 Å². The van der Waals surface area contributed by atoms with Crippen molar-refractivity contribution in [3.63, 3.8) is 0 Å². The molecule has 0 spiro atoms. The number of nitrogens with zero attached hydrogens (tertiary/aromatic N) is 2. The molecule has 0 atom stereocenters. The van der Waals surface area contributed by atoms with Crippen LogP contribution >= 0.6 is 0 Å². The molecular weight excluding hydrogens is 352 g/mol. The molecule has 4 rings (SSSR count). The van der Waals surface area contributed by atoms with Crippen LogP contribution in [0, 0.1) is 11.6 Å². The van der Waals surface area contributed by atoms with Gasteiger partial charge in [0.05, 0.1) is 23.8 Å². The molecule has 6 nitrogen and oxygen atoms in total. The summed E-state index contributed by atoms with van der Waals surface area (Å²) < 4.78 is 27.6. The van der Waals surface area contributed by atoms with Crippen molar-refractivity contribution in [1.29, 1.82) is 0 Å². The van der Waals surface area contributed by atoms with Crippen molar-refractivity contribution in [3.05, 3.63) is 78.1 Å². The van der Waals surface area contributed by atoms with Gasteiger partial charge in [0.25, 0.3) is 5.91 Å². The van der Waals surface area contributed by atoms with Crippen LogP contribution in [0.4, 0.5) is 14.5 Å². The lowest BCUT2D eigenvalue weighted by atomic mass is 10.2. The first kappa shape index (κ1) is 16.6. The molecule has 8 heteroatoms. The second kappa shape index (κ2) is 6.83. The summed E-state index contributed by atoms with van der Waals surface area (Å²) in [7, 11) is 0. The Morgan fingerprint density at radius 3 is 2.44 bits per heavy atom. The number of amides is 1. The largest absolute Gasteiger partial charge is 0.337 e. The average Bonchev–Trinajstić information content (AvgIpc) is 3.31. The van der Waals surface area contributed by atoms with Gasteiger partial charge in [0.2, 0.25) is 0 Å². The van der Waals surface area contributed by atoms with Crippen LogP contribution in [-0.2, 0) is 0 Å². The van der Waals surface area contributed by atoms with Gasteiger partial charge in [0.15, 0.2) is 5.82 Å². The van der Waals surface area contributed by atoms with E-state index in [4.69, 9.17) is 0 Å². The maximum Gasteiger partial charge on any atom is 0.261 e. The maximum absolute atomic E-state index is 13.8. The summed E-state index contributed by atoms with van der Waals surface area (Å²) in [5.74, 6) is -2.37. The first-order chi connectivity index (χ1) is 13.1. The van der Waals surface area contributed by atoms with E-state index in [0.29, 0.717) is 11.5 Å². The Hall–Kier alpha value is -3.81. The molecular formula is C19H13F2N5O. The Bertz CT molecular complexity index is 1080. The number of rotatable bonds is 4. The Morgan fingerprint density at radius 2 is 1.70 bits per heavy atom. The van der Waals surface area contributed by atoms with Gasteiger partial charge in [0.1, 0.15) is 22.9 Å². The van der Waals surface area contributed by atoms with Gasteiger partial charge in [-0.2, -0.15) is 5.10 Å². The van der Waals surface area contributed by atoms with Gasteiger partial charge in [-0.15, -0.1) is 0 Å². The van der Waals surface area contributed by atoms with Gasteiger partial charge in [-0.3, -0.25) is 9.89 Å². The van der Waals surface area contributed by atoms with Gasteiger partial charge in [-0.25, -0.2) is 13.8 Å². The zero-order chi connectivity index (χ0) is 18.8. The number of imidazole rings is 1. The fourth-order valence-electron chi connectivity index (χ4n) is 2.67. The van der Waals surface area contributed by atoms with E-state index in [2.05, 4.69) is 25.5 Å². The Kier molecular flexibility index (Phi) is 4.21. The molecule has 2 aromatic carbocycles. The predicted molar refractivity (Wildman–Crippen MR) is 95.9 cm³/mol. The number of anilines is 1. The molecule has 0 saturated heterocycles.